The van der Waals surface area contributed by atoms with Gasteiger partial charge in [0.2, 0.25) is 10.0 Å². The van der Waals surface area contributed by atoms with Crippen molar-refractivity contribution in [1.29, 1.82) is 0 Å². The Balaban J connectivity index is 2.28. The number of hydrogen-bond donors (Lipinski definition) is 1. The van der Waals surface area contributed by atoms with Crippen LogP contribution < -0.4 is 5.73 Å². The average Bonchev–Trinajstić information content (AvgIpc) is 2.38. The molecule has 0 bridgehead atoms. The summed E-state index contributed by atoms with van der Waals surface area (Å²) in [6.07, 6.45) is 1.24. The largest absolute Gasteiger partial charge is 0.328 e. The van der Waals surface area contributed by atoms with Gasteiger partial charge in [0.15, 0.2) is 0 Å². The summed E-state index contributed by atoms with van der Waals surface area (Å²) in [5, 5.41) is 10.6. The summed E-state index contributed by atoms with van der Waals surface area (Å²) in [5.41, 5.74) is 5.70. The molecule has 20 heavy (non-hydrogen) atoms. The first-order valence-corrected chi connectivity index (χ1v) is 7.78. The molecule has 2 N–H and O–H groups in total. The molecular formula is C12H17N3O4S. The molecule has 2 rings (SSSR count). The SMILES string of the molecule is CC1CC(N)CCN1S(=O)(=O)c1ccc([N+](=O)[O-])cc1. The van der Waals surface area contributed by atoms with Crippen LogP contribution >= 0.6 is 0 Å². The van der Waals surface area contributed by atoms with Gasteiger partial charge in [0.1, 0.15) is 0 Å². The van der Waals surface area contributed by atoms with Gasteiger partial charge in [0.05, 0.1) is 9.82 Å². The lowest BCUT2D eigenvalue weighted by atomic mass is 10.0. The number of nitrogens with zero attached hydrogens (tertiary/aromatic N) is 2. The van der Waals surface area contributed by atoms with E-state index in [4.69, 9.17) is 5.73 Å². The minimum Gasteiger partial charge on any atom is -0.328 e. The summed E-state index contributed by atoms with van der Waals surface area (Å²) in [5.74, 6) is 0. The Labute approximate surface area is 117 Å². The molecule has 7 nitrogen and oxygen atoms in total. The highest BCUT2D eigenvalue weighted by molar-refractivity contribution is 7.89. The number of nitro groups is 1. The van der Waals surface area contributed by atoms with Crippen LogP contribution in [0.3, 0.4) is 0 Å². The first-order valence-electron chi connectivity index (χ1n) is 6.34. The Morgan fingerprint density at radius 1 is 1.35 bits per heavy atom. The van der Waals surface area contributed by atoms with Crippen LogP contribution in [0.4, 0.5) is 5.69 Å². The molecule has 1 aromatic carbocycles. The second kappa shape index (κ2) is 5.47. The van der Waals surface area contributed by atoms with Crippen LogP contribution in [0.5, 0.6) is 0 Å². The molecule has 2 atom stereocenters. The van der Waals surface area contributed by atoms with Gasteiger partial charge in [-0.25, -0.2) is 8.42 Å². The lowest BCUT2D eigenvalue weighted by Gasteiger charge is -2.35. The number of nitrogens with two attached hydrogens (primary N) is 1. The molecule has 1 aromatic rings. The van der Waals surface area contributed by atoms with Crippen molar-refractivity contribution in [2.75, 3.05) is 6.54 Å². The first kappa shape index (κ1) is 14.9. The van der Waals surface area contributed by atoms with Crippen molar-refractivity contribution in [3.8, 4) is 0 Å². The highest BCUT2D eigenvalue weighted by Gasteiger charge is 2.33. The van der Waals surface area contributed by atoms with E-state index in [1.807, 2.05) is 6.92 Å². The van der Waals surface area contributed by atoms with Gasteiger partial charge in [-0.05, 0) is 31.9 Å². The Morgan fingerprint density at radius 3 is 2.45 bits per heavy atom. The fourth-order valence-corrected chi connectivity index (χ4v) is 4.08. The third-order valence-corrected chi connectivity index (χ3v) is 5.54. The topological polar surface area (TPSA) is 107 Å². The van der Waals surface area contributed by atoms with Gasteiger partial charge in [0.25, 0.3) is 5.69 Å². The smallest absolute Gasteiger partial charge is 0.269 e. The van der Waals surface area contributed by atoms with Crippen molar-refractivity contribution in [2.45, 2.75) is 36.7 Å². The fourth-order valence-electron chi connectivity index (χ4n) is 2.42. The molecule has 0 radical (unpaired) electrons. The van der Waals surface area contributed by atoms with Gasteiger partial charge in [-0.2, -0.15) is 4.31 Å². The van der Waals surface area contributed by atoms with Gasteiger partial charge < -0.3 is 5.73 Å². The summed E-state index contributed by atoms with van der Waals surface area (Å²) in [6, 6.07) is 4.80. The second-order valence-corrected chi connectivity index (χ2v) is 6.89. The fraction of sp³-hybridized carbons (Fsp3) is 0.500. The van der Waals surface area contributed by atoms with Crippen LogP contribution in [0, 0.1) is 10.1 Å². The molecule has 1 aliphatic rings. The van der Waals surface area contributed by atoms with E-state index in [1.54, 1.807) is 0 Å². The maximum absolute atomic E-state index is 12.5. The third kappa shape index (κ3) is 2.82. The summed E-state index contributed by atoms with van der Waals surface area (Å²) in [7, 11) is -3.62. The molecule has 1 fully saturated rings. The minimum absolute atomic E-state index is 0.0216. The van der Waals surface area contributed by atoms with Crippen LogP contribution in [-0.4, -0.2) is 36.3 Å². The van der Waals surface area contributed by atoms with E-state index in [9.17, 15) is 18.5 Å². The predicted molar refractivity (Wildman–Crippen MR) is 73.7 cm³/mol. The number of piperidine rings is 1. The number of rotatable bonds is 3. The van der Waals surface area contributed by atoms with E-state index in [2.05, 4.69) is 0 Å². The van der Waals surface area contributed by atoms with Crippen LogP contribution in [0.25, 0.3) is 0 Å². The molecule has 1 saturated heterocycles. The highest BCUT2D eigenvalue weighted by Crippen LogP contribution is 2.25. The Morgan fingerprint density at radius 2 is 1.95 bits per heavy atom. The average molecular weight is 299 g/mol. The molecule has 1 aliphatic heterocycles. The first-order chi connectivity index (χ1) is 9.32. The van der Waals surface area contributed by atoms with E-state index < -0.39 is 14.9 Å². The van der Waals surface area contributed by atoms with Gasteiger partial charge in [-0.15, -0.1) is 0 Å². The monoisotopic (exact) mass is 299 g/mol. The second-order valence-electron chi connectivity index (χ2n) is 5.00. The Hall–Kier alpha value is -1.51. The Kier molecular flexibility index (Phi) is 4.07. The zero-order valence-electron chi connectivity index (χ0n) is 11.1. The number of sulfonamides is 1. The van der Waals surface area contributed by atoms with Crippen molar-refractivity contribution in [3.63, 3.8) is 0 Å². The molecule has 1 heterocycles. The number of nitro benzene ring substituents is 1. The molecule has 0 saturated carbocycles. The van der Waals surface area contributed by atoms with Gasteiger partial charge in [-0.3, -0.25) is 10.1 Å². The minimum atomic E-state index is -3.62. The summed E-state index contributed by atoms with van der Waals surface area (Å²) >= 11 is 0. The van der Waals surface area contributed by atoms with Crippen molar-refractivity contribution in [3.05, 3.63) is 34.4 Å². The number of benzene rings is 1. The lowest BCUT2D eigenvalue weighted by molar-refractivity contribution is -0.384. The summed E-state index contributed by atoms with van der Waals surface area (Å²) in [6.45, 7) is 2.20. The van der Waals surface area contributed by atoms with E-state index in [-0.39, 0.29) is 22.7 Å². The maximum atomic E-state index is 12.5. The van der Waals surface area contributed by atoms with E-state index in [0.717, 1.165) is 0 Å². The quantitative estimate of drug-likeness (QED) is 0.664. The normalized spacial score (nSPS) is 24.5. The molecule has 8 heteroatoms. The van der Waals surface area contributed by atoms with Crippen LogP contribution in [0.15, 0.2) is 29.2 Å². The van der Waals surface area contributed by atoms with Crippen molar-refractivity contribution < 1.29 is 13.3 Å². The van der Waals surface area contributed by atoms with Crippen molar-refractivity contribution in [1.82, 2.24) is 4.31 Å². The predicted octanol–water partition coefficient (Wildman–Crippen LogP) is 1.10. The molecule has 0 aromatic heterocycles. The number of hydrogen-bond acceptors (Lipinski definition) is 5. The molecule has 0 aliphatic carbocycles. The number of non-ortho nitro benzene ring substituents is 1. The lowest BCUT2D eigenvalue weighted by Crippen LogP contribution is -2.48. The standard InChI is InChI=1S/C12H17N3O4S/c1-9-8-10(13)6-7-14(9)20(18,19)12-4-2-11(3-5-12)15(16)17/h2-5,9-10H,6-8,13H2,1H3. The molecule has 0 spiro atoms. The van der Waals surface area contributed by atoms with E-state index in [0.29, 0.717) is 19.4 Å². The highest BCUT2D eigenvalue weighted by atomic mass is 32.2. The summed E-state index contributed by atoms with van der Waals surface area (Å²) in [4.78, 5) is 10.1. The zero-order valence-corrected chi connectivity index (χ0v) is 11.9. The van der Waals surface area contributed by atoms with E-state index >= 15 is 0 Å². The van der Waals surface area contributed by atoms with Crippen LogP contribution in [-0.2, 0) is 10.0 Å². The van der Waals surface area contributed by atoms with Crippen molar-refractivity contribution >= 4 is 15.7 Å². The van der Waals surface area contributed by atoms with Crippen molar-refractivity contribution in [2.24, 2.45) is 5.73 Å². The molecule has 2 unspecified atom stereocenters. The van der Waals surface area contributed by atoms with E-state index in [1.165, 1.54) is 28.6 Å². The van der Waals surface area contributed by atoms with Gasteiger partial charge in [0, 0.05) is 30.8 Å². The van der Waals surface area contributed by atoms with Gasteiger partial charge >= 0.3 is 0 Å². The zero-order chi connectivity index (χ0) is 14.9. The van der Waals surface area contributed by atoms with Crippen LogP contribution in [0.2, 0.25) is 0 Å². The Bertz CT molecular complexity index is 600. The maximum Gasteiger partial charge on any atom is 0.269 e. The summed E-state index contributed by atoms with van der Waals surface area (Å²) < 4.78 is 26.4. The third-order valence-electron chi connectivity index (χ3n) is 3.51. The van der Waals surface area contributed by atoms with Gasteiger partial charge in [-0.1, -0.05) is 0 Å². The van der Waals surface area contributed by atoms with Crippen LogP contribution in [0.1, 0.15) is 19.8 Å². The molecule has 0 amide bonds. The molecule has 110 valence electrons. The molecular weight excluding hydrogens is 282 g/mol.